The van der Waals surface area contributed by atoms with E-state index in [1.165, 1.54) is 0 Å². The molecule has 0 fully saturated rings. The summed E-state index contributed by atoms with van der Waals surface area (Å²) in [6.45, 7) is 0. The van der Waals surface area contributed by atoms with E-state index in [0.717, 1.165) is 0 Å². The Hall–Kier alpha value is -1.53. The summed E-state index contributed by atoms with van der Waals surface area (Å²) in [5.41, 5.74) is 0. The lowest BCUT2D eigenvalue weighted by molar-refractivity contribution is 0.437. The van der Waals surface area contributed by atoms with Crippen molar-refractivity contribution in [2.24, 2.45) is 0 Å². The molecule has 0 saturated carbocycles. The Labute approximate surface area is 96.0 Å². The largest absolute Gasteiger partial charge is 0.426 e. The van der Waals surface area contributed by atoms with Gasteiger partial charge < -0.3 is 9.72 Å². The van der Waals surface area contributed by atoms with Crippen LogP contribution in [0.1, 0.15) is 0 Å². The summed E-state index contributed by atoms with van der Waals surface area (Å²) in [4.78, 5) is 9.38. The molecule has 0 aliphatic carbocycles. The van der Waals surface area contributed by atoms with Gasteiger partial charge in [-0.05, 0) is 36.6 Å². The van der Waals surface area contributed by atoms with Crippen LogP contribution in [0.2, 0.25) is 0 Å². The molecule has 0 amide bonds. The molecule has 0 bridgehead atoms. The van der Waals surface area contributed by atoms with E-state index >= 15 is 0 Å². The Morgan fingerprint density at radius 3 is 2.47 bits per heavy atom. The van der Waals surface area contributed by atoms with Gasteiger partial charge in [0.1, 0.15) is 5.75 Å². The van der Waals surface area contributed by atoms with Gasteiger partial charge in [-0.3, -0.25) is 4.98 Å². The monoisotopic (exact) mass is 237 g/mol. The quantitative estimate of drug-likeness (QED) is 0.788. The first-order valence-electron chi connectivity index (χ1n) is 4.17. The minimum Gasteiger partial charge on any atom is -0.426 e. The summed E-state index contributed by atoms with van der Waals surface area (Å²) in [6, 6.07) is 9.56. The van der Waals surface area contributed by atoms with E-state index in [-0.39, 0.29) is 6.01 Å². The van der Waals surface area contributed by atoms with Crippen LogP contribution in [0.3, 0.4) is 0 Å². The summed E-state index contributed by atoms with van der Waals surface area (Å²) < 4.78 is 6.11. The molecule has 2 aromatic rings. The zero-order valence-corrected chi connectivity index (χ0v) is 9.19. The highest BCUT2D eigenvalue weighted by Crippen LogP contribution is 2.15. The highest BCUT2D eigenvalue weighted by Gasteiger charge is 1.97. The summed E-state index contributed by atoms with van der Waals surface area (Å²) in [6.07, 6.45) is 0. The molecule has 0 aliphatic rings. The van der Waals surface area contributed by atoms with E-state index in [9.17, 15) is 0 Å². The van der Waals surface area contributed by atoms with Crippen molar-refractivity contribution in [2.75, 3.05) is 0 Å². The van der Waals surface area contributed by atoms with Crippen molar-refractivity contribution in [1.29, 1.82) is 0 Å². The summed E-state index contributed by atoms with van der Waals surface area (Å²) in [5, 5.41) is 0. The lowest BCUT2D eigenvalue weighted by Crippen LogP contribution is -1.94. The fourth-order valence-corrected chi connectivity index (χ4v) is 1.46. The second-order valence-electron chi connectivity index (χ2n) is 2.72. The molecule has 0 aliphatic heterocycles. The Bertz CT molecular complexity index is 533. The highest BCUT2D eigenvalue weighted by atomic mass is 32.1. The Balaban J connectivity index is 2.33. The number of nitrogens with zero attached hydrogens (tertiary/aromatic N) is 1. The van der Waals surface area contributed by atoms with Gasteiger partial charge in [-0.1, -0.05) is 18.2 Å². The molecule has 1 heterocycles. The van der Waals surface area contributed by atoms with E-state index in [0.29, 0.717) is 15.3 Å². The van der Waals surface area contributed by atoms with E-state index in [1.807, 2.05) is 30.3 Å². The summed E-state index contributed by atoms with van der Waals surface area (Å²) in [7, 11) is 0. The molecule has 1 aromatic heterocycles. The van der Waals surface area contributed by atoms with Gasteiger partial charge in [0.25, 0.3) is 0 Å². The molecule has 0 atom stereocenters. The second-order valence-corrected chi connectivity index (χ2v) is 3.51. The van der Waals surface area contributed by atoms with Crippen LogP contribution in [0.15, 0.2) is 30.3 Å². The van der Waals surface area contributed by atoms with Crippen molar-refractivity contribution in [3.05, 3.63) is 39.9 Å². The first kappa shape index (κ1) is 10.0. The number of hydrogen-bond acceptors (Lipinski definition) is 4. The average Bonchev–Trinajstić information content (AvgIpc) is 2.17. The zero-order valence-electron chi connectivity index (χ0n) is 7.56. The first-order chi connectivity index (χ1) is 7.24. The maximum absolute atomic E-state index is 5.42. The predicted octanol–water partition coefficient (Wildman–Crippen LogP) is 2.99. The third-order valence-electron chi connectivity index (χ3n) is 1.60. The van der Waals surface area contributed by atoms with E-state index < -0.39 is 0 Å². The van der Waals surface area contributed by atoms with Gasteiger partial charge in [-0.25, -0.2) is 0 Å². The number of H-pyrrole nitrogens is 2. The molecule has 76 valence electrons. The minimum atomic E-state index is 0.287. The van der Waals surface area contributed by atoms with Gasteiger partial charge in [0.2, 0.25) is 4.77 Å². The normalized spacial score (nSPS) is 9.87. The van der Waals surface area contributed by atoms with Crippen LogP contribution in [-0.2, 0) is 0 Å². The lowest BCUT2D eigenvalue weighted by Gasteiger charge is -2.02. The number of benzene rings is 1. The van der Waals surface area contributed by atoms with Crippen molar-refractivity contribution in [2.45, 2.75) is 0 Å². The number of aromatic nitrogens is 3. The minimum absolute atomic E-state index is 0.287. The SMILES string of the molecule is S=c1nc(Oc2ccccc2)[nH]c(=S)[nH]1. The Morgan fingerprint density at radius 2 is 1.80 bits per heavy atom. The van der Waals surface area contributed by atoms with Gasteiger partial charge in [0.05, 0.1) is 0 Å². The van der Waals surface area contributed by atoms with Crippen LogP contribution in [-0.4, -0.2) is 15.0 Å². The summed E-state index contributed by atoms with van der Waals surface area (Å²) >= 11 is 9.78. The van der Waals surface area contributed by atoms with Crippen LogP contribution < -0.4 is 4.74 Å². The summed E-state index contributed by atoms with van der Waals surface area (Å²) in [5.74, 6) is 0.677. The topological polar surface area (TPSA) is 53.7 Å². The molecular weight excluding hydrogens is 230 g/mol. The molecule has 6 heteroatoms. The standard InChI is InChI=1S/C9H7N3OS2/c14-8-10-7(11-9(15)12-8)13-6-4-2-1-3-5-6/h1-5H,(H2,10,11,12,14,15). The molecule has 1 aromatic carbocycles. The molecule has 2 N–H and O–H groups in total. The number of nitrogens with one attached hydrogen (secondary N) is 2. The molecule has 0 radical (unpaired) electrons. The zero-order chi connectivity index (χ0) is 10.7. The van der Waals surface area contributed by atoms with Crippen molar-refractivity contribution in [1.82, 2.24) is 15.0 Å². The van der Waals surface area contributed by atoms with Crippen LogP contribution in [0.4, 0.5) is 0 Å². The van der Waals surface area contributed by atoms with Crippen molar-refractivity contribution >= 4 is 24.4 Å². The van der Waals surface area contributed by atoms with Gasteiger partial charge in [0.15, 0.2) is 4.77 Å². The van der Waals surface area contributed by atoms with Gasteiger partial charge in [-0.15, -0.1) is 0 Å². The third kappa shape index (κ3) is 2.71. The smallest absolute Gasteiger partial charge is 0.304 e. The van der Waals surface area contributed by atoms with Gasteiger partial charge in [-0.2, -0.15) is 4.98 Å². The molecule has 4 nitrogen and oxygen atoms in total. The number of hydrogen-bond donors (Lipinski definition) is 2. The average molecular weight is 237 g/mol. The van der Waals surface area contributed by atoms with Crippen molar-refractivity contribution in [3.63, 3.8) is 0 Å². The molecular formula is C9H7N3OS2. The van der Waals surface area contributed by atoms with Crippen LogP contribution in [0.25, 0.3) is 0 Å². The maximum atomic E-state index is 5.42. The van der Waals surface area contributed by atoms with Crippen LogP contribution in [0, 0.1) is 9.54 Å². The number of ether oxygens (including phenoxy) is 1. The Kier molecular flexibility index (Phi) is 2.89. The highest BCUT2D eigenvalue weighted by molar-refractivity contribution is 7.71. The van der Waals surface area contributed by atoms with Crippen molar-refractivity contribution < 1.29 is 4.74 Å². The molecule has 0 unspecified atom stereocenters. The van der Waals surface area contributed by atoms with E-state index in [1.54, 1.807) is 0 Å². The number of para-hydroxylation sites is 1. The maximum Gasteiger partial charge on any atom is 0.304 e. The van der Waals surface area contributed by atoms with Crippen LogP contribution in [0.5, 0.6) is 11.8 Å². The fourth-order valence-electron chi connectivity index (χ4n) is 1.02. The lowest BCUT2D eigenvalue weighted by atomic mass is 10.3. The fraction of sp³-hybridized carbons (Fsp3) is 0. The number of aromatic amines is 2. The Morgan fingerprint density at radius 1 is 1.07 bits per heavy atom. The predicted molar refractivity (Wildman–Crippen MR) is 61.1 cm³/mol. The molecule has 0 saturated heterocycles. The van der Waals surface area contributed by atoms with E-state index in [4.69, 9.17) is 29.2 Å². The molecule has 0 spiro atoms. The van der Waals surface area contributed by atoms with Gasteiger partial charge in [0, 0.05) is 0 Å². The van der Waals surface area contributed by atoms with Gasteiger partial charge >= 0.3 is 6.01 Å². The first-order valence-corrected chi connectivity index (χ1v) is 4.99. The molecule has 15 heavy (non-hydrogen) atoms. The third-order valence-corrected chi connectivity index (χ3v) is 2.00. The number of rotatable bonds is 2. The second kappa shape index (κ2) is 4.33. The van der Waals surface area contributed by atoms with E-state index in [2.05, 4.69) is 15.0 Å². The van der Waals surface area contributed by atoms with Crippen molar-refractivity contribution in [3.8, 4) is 11.8 Å². The van der Waals surface area contributed by atoms with Crippen LogP contribution >= 0.6 is 24.4 Å². The molecule has 2 rings (SSSR count).